The summed E-state index contributed by atoms with van der Waals surface area (Å²) in [6.45, 7) is 0.323. The number of carboxylic acid groups (broad SMARTS) is 1. The zero-order valence-corrected chi connectivity index (χ0v) is 5.54. The molecule has 0 aliphatic rings. The van der Waals surface area contributed by atoms with E-state index in [0.717, 1.165) is 0 Å². The molecule has 10 heavy (non-hydrogen) atoms. The fraction of sp³-hybridized carbons (Fsp3) is 0.800. The first kappa shape index (κ1) is 9.35. The van der Waals surface area contributed by atoms with Gasteiger partial charge in [-0.25, -0.2) is 0 Å². The van der Waals surface area contributed by atoms with Crippen molar-refractivity contribution in [1.82, 2.24) is 5.64 Å². The molecule has 0 radical (unpaired) electrons. The average molecular weight is 149 g/mol. The molecule has 0 aromatic rings. The molecule has 0 bridgehead atoms. The summed E-state index contributed by atoms with van der Waals surface area (Å²) in [6.07, 6.45) is 1.34. The average Bonchev–Trinajstić information content (AvgIpc) is 1.87. The Labute approximate surface area is 58.5 Å². The number of carbonyl (C=O) groups is 1. The molecule has 5 nitrogen and oxygen atoms in total. The molecule has 0 fully saturated rings. The van der Waals surface area contributed by atoms with Gasteiger partial charge in [0.05, 0.1) is 6.61 Å². The molecule has 3 N–H and O–H groups in total. The van der Waals surface area contributed by atoms with Crippen LogP contribution in [-0.2, 0) is 9.63 Å². The van der Waals surface area contributed by atoms with Crippen LogP contribution < -0.4 is 5.64 Å². The van der Waals surface area contributed by atoms with Crippen molar-refractivity contribution in [2.75, 3.05) is 6.61 Å². The van der Waals surface area contributed by atoms with E-state index in [4.69, 9.17) is 10.3 Å². The second-order valence-electron chi connectivity index (χ2n) is 1.79. The Hall–Kier alpha value is -0.650. The maximum absolute atomic E-state index is 9.93. The summed E-state index contributed by atoms with van der Waals surface area (Å²) in [4.78, 5) is 14.3. The fourth-order valence-corrected chi connectivity index (χ4v) is 0.496. The third-order valence-corrected chi connectivity index (χ3v) is 0.952. The van der Waals surface area contributed by atoms with E-state index < -0.39 is 5.97 Å². The first-order valence-corrected chi connectivity index (χ1v) is 3.00. The molecule has 5 heteroatoms. The van der Waals surface area contributed by atoms with Gasteiger partial charge in [-0.15, -0.1) is 0 Å². The van der Waals surface area contributed by atoms with Crippen molar-refractivity contribution in [1.29, 1.82) is 0 Å². The summed E-state index contributed by atoms with van der Waals surface area (Å²) in [6, 6.07) is 0. The van der Waals surface area contributed by atoms with E-state index >= 15 is 0 Å². The molecule has 0 saturated carbocycles. The van der Waals surface area contributed by atoms with Crippen LogP contribution in [-0.4, -0.2) is 22.9 Å². The van der Waals surface area contributed by atoms with Gasteiger partial charge in [0, 0.05) is 6.42 Å². The molecule has 0 unspecified atom stereocenters. The molecule has 0 saturated heterocycles. The Kier molecular flexibility index (Phi) is 6.05. The quantitative estimate of drug-likeness (QED) is 0.370. The van der Waals surface area contributed by atoms with E-state index in [0.29, 0.717) is 19.4 Å². The molecule has 0 rings (SSSR count). The Morgan fingerprint density at radius 1 is 1.50 bits per heavy atom. The standard InChI is InChI=1S/C5H11NO4/c7-5(8)3-1-2-4-10-6-9/h6,9H,1-4H2,(H,7,8). The second-order valence-corrected chi connectivity index (χ2v) is 1.79. The summed E-state index contributed by atoms with van der Waals surface area (Å²) in [5.74, 6) is -0.808. The lowest BCUT2D eigenvalue weighted by atomic mass is 10.2. The highest BCUT2D eigenvalue weighted by Crippen LogP contribution is 1.93. The van der Waals surface area contributed by atoms with E-state index in [9.17, 15) is 4.79 Å². The monoisotopic (exact) mass is 149 g/mol. The van der Waals surface area contributed by atoms with Gasteiger partial charge in [0.1, 0.15) is 0 Å². The molecule has 0 aliphatic carbocycles. The Bertz CT molecular complexity index is 95.6. The Balaban J connectivity index is 2.84. The molecule has 0 aliphatic heterocycles. The summed E-state index contributed by atoms with van der Waals surface area (Å²) in [7, 11) is 0. The number of hydrogen-bond donors (Lipinski definition) is 3. The zero-order chi connectivity index (χ0) is 7.82. The summed E-state index contributed by atoms with van der Waals surface area (Å²) in [5, 5.41) is 16.1. The van der Waals surface area contributed by atoms with Crippen molar-refractivity contribution in [3.63, 3.8) is 0 Å². The van der Waals surface area contributed by atoms with Crippen molar-refractivity contribution >= 4 is 5.97 Å². The number of aliphatic carboxylic acids is 1. The first-order chi connectivity index (χ1) is 4.77. The molecule has 0 spiro atoms. The predicted molar refractivity (Wildman–Crippen MR) is 32.4 cm³/mol. The zero-order valence-electron chi connectivity index (χ0n) is 5.54. The van der Waals surface area contributed by atoms with Crippen molar-refractivity contribution in [3.05, 3.63) is 0 Å². The lowest BCUT2D eigenvalue weighted by molar-refractivity contribution is -0.138. The van der Waals surface area contributed by atoms with Gasteiger partial charge >= 0.3 is 5.97 Å². The van der Waals surface area contributed by atoms with Gasteiger partial charge in [-0.2, -0.15) is 0 Å². The van der Waals surface area contributed by atoms with Gasteiger partial charge in [-0.05, 0) is 12.8 Å². The van der Waals surface area contributed by atoms with E-state index in [2.05, 4.69) is 4.84 Å². The van der Waals surface area contributed by atoms with Crippen LogP contribution >= 0.6 is 0 Å². The maximum atomic E-state index is 9.93. The minimum Gasteiger partial charge on any atom is -0.481 e. The predicted octanol–water partition coefficient (Wildman–Crippen LogP) is 0.152. The van der Waals surface area contributed by atoms with Crippen molar-refractivity contribution < 1.29 is 19.9 Å². The van der Waals surface area contributed by atoms with Crippen LogP contribution in [0.2, 0.25) is 0 Å². The van der Waals surface area contributed by atoms with Crippen LogP contribution in [0.25, 0.3) is 0 Å². The second kappa shape index (κ2) is 6.47. The minimum atomic E-state index is -0.808. The number of unbranched alkanes of at least 4 members (excludes halogenated alkanes) is 1. The van der Waals surface area contributed by atoms with Crippen LogP contribution in [0.5, 0.6) is 0 Å². The third-order valence-electron chi connectivity index (χ3n) is 0.952. The van der Waals surface area contributed by atoms with Crippen molar-refractivity contribution in [2.45, 2.75) is 19.3 Å². The molecular formula is C5H11NO4. The normalized spacial score (nSPS) is 9.70. The van der Waals surface area contributed by atoms with Crippen molar-refractivity contribution in [2.24, 2.45) is 0 Å². The fourth-order valence-electron chi connectivity index (χ4n) is 0.496. The molecular weight excluding hydrogens is 138 g/mol. The molecule has 0 atom stereocenters. The number of rotatable bonds is 6. The highest BCUT2D eigenvalue weighted by molar-refractivity contribution is 5.66. The van der Waals surface area contributed by atoms with E-state index in [1.807, 2.05) is 0 Å². The topological polar surface area (TPSA) is 78.8 Å². The molecule has 0 aromatic carbocycles. The van der Waals surface area contributed by atoms with Gasteiger partial charge < -0.3 is 5.11 Å². The molecule has 0 aromatic heterocycles. The largest absolute Gasteiger partial charge is 0.481 e. The smallest absolute Gasteiger partial charge is 0.303 e. The van der Waals surface area contributed by atoms with Gasteiger partial charge in [0.25, 0.3) is 0 Å². The summed E-state index contributed by atoms with van der Waals surface area (Å²) >= 11 is 0. The number of carboxylic acids is 1. The molecule has 0 amide bonds. The molecule has 60 valence electrons. The van der Waals surface area contributed by atoms with E-state index in [1.54, 1.807) is 0 Å². The minimum absolute atomic E-state index is 0.148. The van der Waals surface area contributed by atoms with Crippen LogP contribution in [0.4, 0.5) is 0 Å². The van der Waals surface area contributed by atoms with Crippen LogP contribution in [0.15, 0.2) is 0 Å². The van der Waals surface area contributed by atoms with Crippen LogP contribution in [0, 0.1) is 0 Å². The van der Waals surface area contributed by atoms with Gasteiger partial charge in [0.15, 0.2) is 0 Å². The SMILES string of the molecule is O=C(O)CCCCONO. The van der Waals surface area contributed by atoms with Gasteiger partial charge in [-0.3, -0.25) is 14.8 Å². The maximum Gasteiger partial charge on any atom is 0.303 e. The van der Waals surface area contributed by atoms with E-state index in [-0.39, 0.29) is 6.42 Å². The number of hydrogen-bond acceptors (Lipinski definition) is 4. The van der Waals surface area contributed by atoms with Crippen molar-refractivity contribution in [3.8, 4) is 0 Å². The first-order valence-electron chi connectivity index (χ1n) is 3.00. The van der Waals surface area contributed by atoms with Crippen LogP contribution in [0.3, 0.4) is 0 Å². The van der Waals surface area contributed by atoms with Gasteiger partial charge in [-0.1, -0.05) is 5.64 Å². The Morgan fingerprint density at radius 3 is 2.70 bits per heavy atom. The molecule has 0 heterocycles. The highest BCUT2D eigenvalue weighted by atomic mass is 16.8. The highest BCUT2D eigenvalue weighted by Gasteiger charge is 1.95. The van der Waals surface area contributed by atoms with Crippen LogP contribution in [0.1, 0.15) is 19.3 Å². The van der Waals surface area contributed by atoms with Gasteiger partial charge in [0.2, 0.25) is 0 Å². The number of nitrogens with one attached hydrogen (secondary N) is 1. The summed E-state index contributed by atoms with van der Waals surface area (Å²) in [5.41, 5.74) is 1.51. The van der Waals surface area contributed by atoms with E-state index in [1.165, 1.54) is 5.64 Å². The lowest BCUT2D eigenvalue weighted by Gasteiger charge is -1.97. The third kappa shape index (κ3) is 7.35. The lowest BCUT2D eigenvalue weighted by Crippen LogP contribution is -2.09. The Morgan fingerprint density at radius 2 is 2.20 bits per heavy atom. The summed E-state index contributed by atoms with van der Waals surface area (Å²) < 4.78 is 0.